The van der Waals surface area contributed by atoms with Crippen LogP contribution in [0.5, 0.6) is 0 Å². The third-order valence-electron chi connectivity index (χ3n) is 4.60. The van der Waals surface area contributed by atoms with Crippen molar-refractivity contribution in [1.29, 1.82) is 0 Å². The van der Waals surface area contributed by atoms with Crippen LogP contribution >= 0.6 is 0 Å². The lowest BCUT2D eigenvalue weighted by molar-refractivity contribution is 0.0846. The van der Waals surface area contributed by atoms with E-state index in [2.05, 4.69) is 45.1 Å². The van der Waals surface area contributed by atoms with Crippen LogP contribution in [0.4, 0.5) is 0 Å². The van der Waals surface area contributed by atoms with Crippen molar-refractivity contribution in [3.05, 3.63) is 0 Å². The second-order valence-corrected chi connectivity index (χ2v) is 8.17. The van der Waals surface area contributed by atoms with E-state index in [1.165, 1.54) is 0 Å². The standard InChI is InChI=1S/C15H34N2O2S/c1-7-15(8-2,17(5)6)14(16-9-3)12-11-13-20(18,19)10-4/h14,16H,7-13H2,1-6H3. The maximum absolute atomic E-state index is 11.6. The van der Waals surface area contributed by atoms with E-state index >= 15 is 0 Å². The first-order valence-corrected chi connectivity index (χ1v) is 9.72. The number of likely N-dealkylation sites (N-methyl/N-ethyl adjacent to an activating group) is 2. The number of rotatable bonds is 11. The highest BCUT2D eigenvalue weighted by Gasteiger charge is 2.36. The number of sulfone groups is 1. The largest absolute Gasteiger partial charge is 0.312 e. The van der Waals surface area contributed by atoms with Crippen LogP contribution in [0.15, 0.2) is 0 Å². The van der Waals surface area contributed by atoms with Gasteiger partial charge in [-0.05, 0) is 46.3 Å². The molecule has 20 heavy (non-hydrogen) atoms. The molecule has 0 aromatic heterocycles. The van der Waals surface area contributed by atoms with E-state index < -0.39 is 9.84 Å². The maximum Gasteiger partial charge on any atom is 0.150 e. The Balaban J connectivity index is 4.86. The molecule has 5 heteroatoms. The van der Waals surface area contributed by atoms with Gasteiger partial charge < -0.3 is 10.2 Å². The van der Waals surface area contributed by atoms with Gasteiger partial charge >= 0.3 is 0 Å². The summed E-state index contributed by atoms with van der Waals surface area (Å²) in [6.07, 6.45) is 3.78. The Bertz CT molecular complexity index is 349. The molecule has 0 amide bonds. The van der Waals surface area contributed by atoms with Gasteiger partial charge in [0.2, 0.25) is 0 Å². The summed E-state index contributed by atoms with van der Waals surface area (Å²) in [4.78, 5) is 2.30. The average Bonchev–Trinajstić information content (AvgIpc) is 2.40. The van der Waals surface area contributed by atoms with E-state index in [9.17, 15) is 8.42 Å². The molecule has 0 aromatic rings. The quantitative estimate of drug-likeness (QED) is 0.636. The molecule has 0 aliphatic carbocycles. The smallest absolute Gasteiger partial charge is 0.150 e. The molecule has 122 valence electrons. The van der Waals surface area contributed by atoms with Gasteiger partial charge in [-0.3, -0.25) is 0 Å². The van der Waals surface area contributed by atoms with Crippen molar-refractivity contribution in [2.75, 3.05) is 32.1 Å². The third-order valence-corrected chi connectivity index (χ3v) is 6.39. The van der Waals surface area contributed by atoms with E-state index in [1.54, 1.807) is 6.92 Å². The molecule has 0 aliphatic heterocycles. The molecule has 0 heterocycles. The molecule has 4 nitrogen and oxygen atoms in total. The number of hydrogen-bond donors (Lipinski definition) is 1. The van der Waals surface area contributed by atoms with Crippen molar-refractivity contribution >= 4 is 9.84 Å². The Kier molecular flexibility index (Phi) is 8.95. The predicted octanol–water partition coefficient (Wildman–Crippen LogP) is 2.30. The molecule has 0 rings (SSSR count). The van der Waals surface area contributed by atoms with Crippen LogP contribution in [-0.4, -0.2) is 57.0 Å². The maximum atomic E-state index is 11.6. The molecule has 0 bridgehead atoms. The van der Waals surface area contributed by atoms with Crippen LogP contribution < -0.4 is 5.32 Å². The lowest BCUT2D eigenvalue weighted by Crippen LogP contribution is -2.58. The van der Waals surface area contributed by atoms with Crippen molar-refractivity contribution in [2.45, 2.75) is 65.0 Å². The van der Waals surface area contributed by atoms with E-state index in [0.717, 1.165) is 32.2 Å². The first-order valence-electron chi connectivity index (χ1n) is 7.90. The van der Waals surface area contributed by atoms with Crippen LogP contribution in [0, 0.1) is 0 Å². The van der Waals surface area contributed by atoms with Crippen LogP contribution in [0.1, 0.15) is 53.4 Å². The van der Waals surface area contributed by atoms with Crippen LogP contribution in [0.2, 0.25) is 0 Å². The van der Waals surface area contributed by atoms with Crippen LogP contribution in [-0.2, 0) is 9.84 Å². The van der Waals surface area contributed by atoms with Gasteiger partial charge in [-0.2, -0.15) is 0 Å². The van der Waals surface area contributed by atoms with Crippen molar-refractivity contribution in [2.24, 2.45) is 0 Å². The highest BCUT2D eigenvalue weighted by molar-refractivity contribution is 7.91. The molecule has 0 radical (unpaired) electrons. The zero-order valence-corrected chi connectivity index (χ0v) is 15.0. The molecule has 0 saturated carbocycles. The van der Waals surface area contributed by atoms with Crippen molar-refractivity contribution in [3.63, 3.8) is 0 Å². The van der Waals surface area contributed by atoms with Crippen molar-refractivity contribution < 1.29 is 8.42 Å². The average molecular weight is 307 g/mol. The van der Waals surface area contributed by atoms with Gasteiger partial charge in [0.05, 0.1) is 5.75 Å². The second-order valence-electron chi connectivity index (χ2n) is 5.69. The minimum absolute atomic E-state index is 0.103. The van der Waals surface area contributed by atoms with Crippen LogP contribution in [0.3, 0.4) is 0 Å². The molecular weight excluding hydrogens is 272 g/mol. The summed E-state index contributed by atoms with van der Waals surface area (Å²) in [5.41, 5.74) is 0.103. The SMILES string of the molecule is CCNC(CCCS(=O)(=O)CC)C(CC)(CC)N(C)C. The summed E-state index contributed by atoms with van der Waals surface area (Å²) in [5, 5.41) is 3.57. The van der Waals surface area contributed by atoms with Gasteiger partial charge in [-0.25, -0.2) is 8.42 Å². The van der Waals surface area contributed by atoms with Gasteiger partial charge in [-0.15, -0.1) is 0 Å². The Hall–Kier alpha value is -0.130. The first kappa shape index (κ1) is 19.9. The summed E-state index contributed by atoms with van der Waals surface area (Å²) in [5.74, 6) is 0.557. The van der Waals surface area contributed by atoms with Gasteiger partial charge in [-0.1, -0.05) is 27.7 Å². The zero-order chi connectivity index (χ0) is 15.8. The van der Waals surface area contributed by atoms with E-state index in [4.69, 9.17) is 0 Å². The topological polar surface area (TPSA) is 49.4 Å². The molecule has 0 fully saturated rings. The first-order chi connectivity index (χ1) is 9.29. The summed E-state index contributed by atoms with van der Waals surface area (Å²) in [6, 6.07) is 0.338. The molecule has 0 aliphatic rings. The monoisotopic (exact) mass is 306 g/mol. The predicted molar refractivity (Wildman–Crippen MR) is 88.0 cm³/mol. The molecule has 0 aromatic carbocycles. The molecule has 1 atom stereocenters. The minimum Gasteiger partial charge on any atom is -0.312 e. The van der Waals surface area contributed by atoms with Crippen LogP contribution in [0.25, 0.3) is 0 Å². The summed E-state index contributed by atoms with van der Waals surface area (Å²) >= 11 is 0. The Morgan fingerprint density at radius 2 is 1.65 bits per heavy atom. The lowest BCUT2D eigenvalue weighted by atomic mass is 9.81. The van der Waals surface area contributed by atoms with Gasteiger partial charge in [0, 0.05) is 17.3 Å². The van der Waals surface area contributed by atoms with Crippen molar-refractivity contribution in [1.82, 2.24) is 10.2 Å². The highest BCUT2D eigenvalue weighted by atomic mass is 32.2. The molecular formula is C15H34N2O2S. The summed E-state index contributed by atoms with van der Waals surface area (Å²) < 4.78 is 23.3. The Labute approximate surface area is 126 Å². The van der Waals surface area contributed by atoms with Gasteiger partial charge in [0.1, 0.15) is 9.84 Å². The van der Waals surface area contributed by atoms with Crippen molar-refractivity contribution in [3.8, 4) is 0 Å². The van der Waals surface area contributed by atoms with E-state index in [1.807, 2.05) is 0 Å². The number of hydrogen-bond acceptors (Lipinski definition) is 4. The molecule has 0 saturated heterocycles. The zero-order valence-electron chi connectivity index (χ0n) is 14.2. The fraction of sp³-hybridized carbons (Fsp3) is 1.00. The fourth-order valence-electron chi connectivity index (χ4n) is 3.15. The van der Waals surface area contributed by atoms with Gasteiger partial charge in [0.25, 0.3) is 0 Å². The second kappa shape index (κ2) is 9.00. The van der Waals surface area contributed by atoms with E-state index in [0.29, 0.717) is 11.8 Å². The molecule has 0 spiro atoms. The minimum atomic E-state index is -2.85. The Morgan fingerprint density at radius 1 is 1.10 bits per heavy atom. The summed E-state index contributed by atoms with van der Waals surface area (Å²) in [6.45, 7) is 9.19. The fourth-order valence-corrected chi connectivity index (χ4v) is 4.04. The molecule has 1 N–H and O–H groups in total. The Morgan fingerprint density at radius 3 is 2.00 bits per heavy atom. The third kappa shape index (κ3) is 5.34. The lowest BCUT2D eigenvalue weighted by Gasteiger charge is -2.45. The van der Waals surface area contributed by atoms with E-state index in [-0.39, 0.29) is 11.3 Å². The number of nitrogens with zero attached hydrogens (tertiary/aromatic N) is 1. The highest BCUT2D eigenvalue weighted by Crippen LogP contribution is 2.28. The normalized spacial score (nSPS) is 14.8. The van der Waals surface area contributed by atoms with Gasteiger partial charge in [0.15, 0.2) is 0 Å². The molecule has 1 unspecified atom stereocenters. The summed E-state index contributed by atoms with van der Waals surface area (Å²) in [7, 11) is 1.40. The number of nitrogens with one attached hydrogen (secondary N) is 1.